The van der Waals surface area contributed by atoms with E-state index in [1.807, 2.05) is 0 Å². The minimum absolute atomic E-state index is 0.0560. The fraction of sp³-hybridized carbons (Fsp3) is 0.364. The topological polar surface area (TPSA) is 66.5 Å². The number of nitrogens with zero attached hydrogens (tertiary/aromatic N) is 3. The molecule has 0 aliphatic rings. The van der Waals surface area contributed by atoms with Crippen LogP contribution in [0.2, 0.25) is 5.02 Å². The standard InChI is InChI=1S/C11H11ClF3N5/c12-8-4-7(11(13,14)15)5-17-10(8)16-3-1-2-9-18-6-19-20-9/h4-6H,1-3H2,(H,16,17)(H,18,19,20). The molecular formula is C11H11ClF3N5. The molecule has 2 aromatic rings. The summed E-state index contributed by atoms with van der Waals surface area (Å²) in [7, 11) is 0. The largest absolute Gasteiger partial charge is 0.417 e. The molecule has 2 heterocycles. The maximum Gasteiger partial charge on any atom is 0.417 e. The van der Waals surface area contributed by atoms with Crippen LogP contribution in [0.15, 0.2) is 18.6 Å². The Hall–Kier alpha value is -1.83. The van der Waals surface area contributed by atoms with Crippen molar-refractivity contribution in [3.05, 3.63) is 35.0 Å². The van der Waals surface area contributed by atoms with Crippen molar-refractivity contribution >= 4 is 17.4 Å². The Balaban J connectivity index is 1.87. The number of nitrogens with one attached hydrogen (secondary N) is 2. The lowest BCUT2D eigenvalue weighted by Crippen LogP contribution is -2.09. The van der Waals surface area contributed by atoms with Crippen LogP contribution in [0.1, 0.15) is 17.8 Å². The van der Waals surface area contributed by atoms with Gasteiger partial charge in [-0.3, -0.25) is 5.10 Å². The molecule has 0 unspecified atom stereocenters. The molecule has 2 aromatic heterocycles. The third kappa shape index (κ3) is 3.83. The third-order valence-corrected chi connectivity index (χ3v) is 2.80. The molecule has 0 saturated carbocycles. The molecule has 0 spiro atoms. The van der Waals surface area contributed by atoms with E-state index in [4.69, 9.17) is 11.6 Å². The quantitative estimate of drug-likeness (QED) is 0.834. The summed E-state index contributed by atoms with van der Waals surface area (Å²) in [5.74, 6) is 0.982. The number of anilines is 1. The summed E-state index contributed by atoms with van der Waals surface area (Å²) in [6, 6.07) is 0.855. The van der Waals surface area contributed by atoms with Crippen molar-refractivity contribution in [1.82, 2.24) is 20.2 Å². The van der Waals surface area contributed by atoms with Crippen LogP contribution >= 0.6 is 11.6 Å². The van der Waals surface area contributed by atoms with Crippen LogP contribution in [0.25, 0.3) is 0 Å². The van der Waals surface area contributed by atoms with Crippen LogP contribution in [0.4, 0.5) is 19.0 Å². The highest BCUT2D eigenvalue weighted by molar-refractivity contribution is 6.32. The molecule has 0 aromatic carbocycles. The van der Waals surface area contributed by atoms with E-state index in [-0.39, 0.29) is 10.8 Å². The smallest absolute Gasteiger partial charge is 0.369 e. The zero-order valence-corrected chi connectivity index (χ0v) is 11.0. The molecule has 0 radical (unpaired) electrons. The Morgan fingerprint density at radius 1 is 1.30 bits per heavy atom. The summed E-state index contributed by atoms with van der Waals surface area (Å²) in [5, 5.41) is 9.25. The minimum atomic E-state index is -4.44. The van der Waals surface area contributed by atoms with Gasteiger partial charge in [-0.1, -0.05) is 11.6 Å². The predicted molar refractivity (Wildman–Crippen MR) is 67.4 cm³/mol. The van der Waals surface area contributed by atoms with E-state index in [9.17, 15) is 13.2 Å². The number of H-pyrrole nitrogens is 1. The van der Waals surface area contributed by atoms with E-state index in [1.54, 1.807) is 0 Å². The first kappa shape index (κ1) is 14.6. The second-order valence-corrected chi connectivity index (χ2v) is 4.42. The van der Waals surface area contributed by atoms with Crippen LogP contribution in [0, 0.1) is 0 Å². The van der Waals surface area contributed by atoms with E-state index in [0.29, 0.717) is 19.4 Å². The van der Waals surface area contributed by atoms with Gasteiger partial charge in [0.2, 0.25) is 0 Å². The molecule has 20 heavy (non-hydrogen) atoms. The lowest BCUT2D eigenvalue weighted by atomic mass is 10.2. The number of aromatic amines is 1. The zero-order chi connectivity index (χ0) is 14.6. The Morgan fingerprint density at radius 2 is 2.10 bits per heavy atom. The van der Waals surface area contributed by atoms with Crippen molar-refractivity contribution in [3.63, 3.8) is 0 Å². The van der Waals surface area contributed by atoms with Gasteiger partial charge in [0.25, 0.3) is 0 Å². The number of hydrogen-bond acceptors (Lipinski definition) is 4. The summed E-state index contributed by atoms with van der Waals surface area (Å²) < 4.78 is 37.3. The number of alkyl halides is 3. The molecule has 0 bridgehead atoms. The number of aryl methyl sites for hydroxylation is 1. The fourth-order valence-electron chi connectivity index (χ4n) is 1.54. The average Bonchev–Trinajstić information content (AvgIpc) is 2.88. The first-order valence-corrected chi connectivity index (χ1v) is 6.15. The molecule has 2 rings (SSSR count). The number of halogens is 4. The van der Waals surface area contributed by atoms with Crippen molar-refractivity contribution < 1.29 is 13.2 Å². The van der Waals surface area contributed by atoms with Gasteiger partial charge in [-0.25, -0.2) is 9.97 Å². The Bertz CT molecular complexity index is 556. The number of rotatable bonds is 5. The van der Waals surface area contributed by atoms with E-state index < -0.39 is 11.7 Å². The molecule has 2 N–H and O–H groups in total. The molecule has 0 aliphatic carbocycles. The highest BCUT2D eigenvalue weighted by Gasteiger charge is 2.31. The van der Waals surface area contributed by atoms with Crippen molar-refractivity contribution in [3.8, 4) is 0 Å². The number of aromatic nitrogens is 4. The van der Waals surface area contributed by atoms with E-state index in [2.05, 4.69) is 25.5 Å². The molecule has 9 heteroatoms. The Kier molecular flexibility index (Phi) is 4.43. The van der Waals surface area contributed by atoms with Crippen molar-refractivity contribution in [2.75, 3.05) is 11.9 Å². The predicted octanol–water partition coefficient (Wildman–Crippen LogP) is 2.92. The van der Waals surface area contributed by atoms with Crippen molar-refractivity contribution in [1.29, 1.82) is 0 Å². The summed E-state index contributed by atoms with van der Waals surface area (Å²) in [6.45, 7) is 0.513. The monoisotopic (exact) mass is 305 g/mol. The minimum Gasteiger partial charge on any atom is -0.369 e. The lowest BCUT2D eigenvalue weighted by Gasteiger charge is -2.10. The summed E-state index contributed by atoms with van der Waals surface area (Å²) >= 11 is 5.76. The van der Waals surface area contributed by atoms with Gasteiger partial charge in [-0.2, -0.15) is 18.3 Å². The molecule has 0 fully saturated rings. The van der Waals surface area contributed by atoms with Gasteiger partial charge in [0.05, 0.1) is 10.6 Å². The molecular weight excluding hydrogens is 295 g/mol. The summed E-state index contributed by atoms with van der Waals surface area (Å²) in [5.41, 5.74) is -0.866. The van der Waals surface area contributed by atoms with Gasteiger partial charge in [0.1, 0.15) is 18.0 Å². The highest BCUT2D eigenvalue weighted by atomic mass is 35.5. The molecule has 108 valence electrons. The van der Waals surface area contributed by atoms with E-state index in [1.165, 1.54) is 6.33 Å². The normalized spacial score (nSPS) is 11.6. The van der Waals surface area contributed by atoms with Crippen LogP contribution in [-0.4, -0.2) is 26.7 Å². The molecule has 0 amide bonds. The Morgan fingerprint density at radius 3 is 2.70 bits per heavy atom. The lowest BCUT2D eigenvalue weighted by molar-refractivity contribution is -0.137. The number of hydrogen-bond donors (Lipinski definition) is 2. The van der Waals surface area contributed by atoms with Gasteiger partial charge >= 0.3 is 6.18 Å². The van der Waals surface area contributed by atoms with Gasteiger partial charge in [0, 0.05) is 19.2 Å². The van der Waals surface area contributed by atoms with Crippen molar-refractivity contribution in [2.45, 2.75) is 19.0 Å². The van der Waals surface area contributed by atoms with E-state index in [0.717, 1.165) is 18.1 Å². The third-order valence-electron chi connectivity index (χ3n) is 2.52. The molecule has 5 nitrogen and oxygen atoms in total. The van der Waals surface area contributed by atoms with Crippen LogP contribution in [-0.2, 0) is 12.6 Å². The number of pyridine rings is 1. The molecule has 0 atom stereocenters. The fourth-order valence-corrected chi connectivity index (χ4v) is 1.77. The first-order chi connectivity index (χ1) is 9.47. The van der Waals surface area contributed by atoms with Crippen LogP contribution < -0.4 is 5.32 Å². The maximum absolute atomic E-state index is 12.4. The van der Waals surface area contributed by atoms with Crippen LogP contribution in [0.5, 0.6) is 0 Å². The van der Waals surface area contributed by atoms with Gasteiger partial charge in [0.15, 0.2) is 0 Å². The molecule has 0 saturated heterocycles. The second kappa shape index (κ2) is 6.08. The van der Waals surface area contributed by atoms with Crippen LogP contribution in [0.3, 0.4) is 0 Å². The average molecular weight is 306 g/mol. The summed E-state index contributed by atoms with van der Waals surface area (Å²) in [4.78, 5) is 7.64. The SMILES string of the molecule is FC(F)(F)c1cnc(NCCCc2ncn[nH]2)c(Cl)c1. The highest BCUT2D eigenvalue weighted by Crippen LogP contribution is 2.32. The first-order valence-electron chi connectivity index (χ1n) is 5.77. The van der Waals surface area contributed by atoms with Gasteiger partial charge in [-0.05, 0) is 12.5 Å². The zero-order valence-electron chi connectivity index (χ0n) is 10.2. The Labute approximate surface area is 117 Å². The van der Waals surface area contributed by atoms with E-state index >= 15 is 0 Å². The maximum atomic E-state index is 12.4. The van der Waals surface area contributed by atoms with Crippen molar-refractivity contribution in [2.24, 2.45) is 0 Å². The summed E-state index contributed by atoms with van der Waals surface area (Å²) in [6.07, 6.45) is -0.886. The second-order valence-electron chi connectivity index (χ2n) is 4.01. The molecule has 0 aliphatic heterocycles. The van der Waals surface area contributed by atoms with Gasteiger partial charge in [-0.15, -0.1) is 0 Å². The van der Waals surface area contributed by atoms with Gasteiger partial charge < -0.3 is 5.32 Å².